The number of halogens is 3. The minimum Gasteiger partial charge on any atom is -0.399 e. The van der Waals surface area contributed by atoms with Crippen molar-refractivity contribution >= 4 is 34.7 Å². The molecular weight excluding hydrogens is 503 g/mol. The van der Waals surface area contributed by atoms with Gasteiger partial charge in [-0.3, -0.25) is 9.59 Å². The molecular formula is C26H32F3N5O2S. The molecule has 1 aliphatic heterocycles. The van der Waals surface area contributed by atoms with Crippen LogP contribution in [0.25, 0.3) is 0 Å². The van der Waals surface area contributed by atoms with Crippen LogP contribution >= 0.6 is 12.2 Å². The third kappa shape index (κ3) is 8.16. The number of thiocarbonyl (C=S) groups is 1. The molecule has 1 fully saturated rings. The number of rotatable bonds is 8. The number of nitrogens with one attached hydrogen (secondary N) is 3. The van der Waals surface area contributed by atoms with Crippen LogP contribution in [0.3, 0.4) is 0 Å². The summed E-state index contributed by atoms with van der Waals surface area (Å²) in [7, 11) is 0. The lowest BCUT2D eigenvalue weighted by molar-refractivity contribution is -0.137. The highest BCUT2D eigenvalue weighted by Gasteiger charge is 2.32. The lowest BCUT2D eigenvalue weighted by Gasteiger charge is -2.39. The van der Waals surface area contributed by atoms with E-state index in [1.54, 1.807) is 0 Å². The Kier molecular flexibility index (Phi) is 9.50. The molecule has 11 heteroatoms. The Balaban J connectivity index is 1.63. The summed E-state index contributed by atoms with van der Waals surface area (Å²) in [6, 6.07) is 10.0. The third-order valence-corrected chi connectivity index (χ3v) is 6.52. The highest BCUT2D eigenvalue weighted by Crippen LogP contribution is 2.31. The molecule has 2 atom stereocenters. The Hall–Kier alpha value is -3.18. The fourth-order valence-electron chi connectivity index (χ4n) is 4.28. The van der Waals surface area contributed by atoms with Gasteiger partial charge in [0, 0.05) is 35.9 Å². The molecule has 1 heterocycles. The van der Waals surface area contributed by atoms with Crippen molar-refractivity contribution in [3.8, 4) is 0 Å². The smallest absolute Gasteiger partial charge is 0.399 e. The van der Waals surface area contributed by atoms with Crippen LogP contribution in [0.4, 0.5) is 18.9 Å². The number of carbonyl (C=O) groups is 2. The number of nitrogens with zero attached hydrogens (tertiary/aromatic N) is 1. The summed E-state index contributed by atoms with van der Waals surface area (Å²) >= 11 is 5.59. The van der Waals surface area contributed by atoms with E-state index in [1.165, 1.54) is 0 Å². The van der Waals surface area contributed by atoms with E-state index in [0.717, 1.165) is 49.2 Å². The molecule has 3 rings (SSSR count). The average Bonchev–Trinajstić information content (AvgIpc) is 2.83. The number of hydrogen-bond donors (Lipinski definition) is 4. The SMILES string of the molecule is CCCN1CC[C@@H](NC(=S)c2ccc(C)cc2)[C@@H](NC(=O)CNC(=O)c2cc(N)cc(C(F)(F)F)c2)C1. The molecule has 2 aromatic rings. The van der Waals surface area contributed by atoms with Gasteiger partial charge in [-0.05, 0) is 44.5 Å². The van der Waals surface area contributed by atoms with E-state index in [-0.39, 0.29) is 23.3 Å². The van der Waals surface area contributed by atoms with E-state index in [0.29, 0.717) is 17.6 Å². The predicted octanol–water partition coefficient (Wildman–Crippen LogP) is 3.26. The maximum Gasteiger partial charge on any atom is 0.416 e. The Morgan fingerprint density at radius 2 is 1.78 bits per heavy atom. The van der Waals surface area contributed by atoms with Crippen LogP contribution in [0, 0.1) is 6.92 Å². The molecule has 0 aliphatic carbocycles. The maximum atomic E-state index is 13.1. The second-order valence-corrected chi connectivity index (χ2v) is 9.64. The summed E-state index contributed by atoms with van der Waals surface area (Å²) in [5, 5.41) is 8.71. The molecule has 2 amide bonds. The minimum absolute atomic E-state index is 0.121. The van der Waals surface area contributed by atoms with Gasteiger partial charge in [0.2, 0.25) is 5.91 Å². The van der Waals surface area contributed by atoms with Gasteiger partial charge in [0.15, 0.2) is 0 Å². The van der Waals surface area contributed by atoms with Gasteiger partial charge in [-0.25, -0.2) is 0 Å². The van der Waals surface area contributed by atoms with Gasteiger partial charge in [-0.2, -0.15) is 13.2 Å². The fourth-order valence-corrected chi connectivity index (χ4v) is 4.57. The molecule has 1 aliphatic rings. The van der Waals surface area contributed by atoms with Crippen molar-refractivity contribution in [2.24, 2.45) is 0 Å². The van der Waals surface area contributed by atoms with Crippen molar-refractivity contribution in [2.75, 3.05) is 31.9 Å². The maximum absolute atomic E-state index is 13.1. The number of amides is 2. The zero-order valence-corrected chi connectivity index (χ0v) is 21.6. The topological polar surface area (TPSA) is 99.5 Å². The number of piperidine rings is 1. The first-order valence-electron chi connectivity index (χ1n) is 12.1. The van der Waals surface area contributed by atoms with Crippen molar-refractivity contribution in [2.45, 2.75) is 44.9 Å². The van der Waals surface area contributed by atoms with Crippen LogP contribution in [0.15, 0.2) is 42.5 Å². The van der Waals surface area contributed by atoms with Crippen molar-refractivity contribution in [3.63, 3.8) is 0 Å². The van der Waals surface area contributed by atoms with Gasteiger partial charge >= 0.3 is 6.18 Å². The van der Waals surface area contributed by atoms with Gasteiger partial charge in [0.1, 0.15) is 4.99 Å². The molecule has 0 spiro atoms. The van der Waals surface area contributed by atoms with Crippen LogP contribution < -0.4 is 21.7 Å². The number of likely N-dealkylation sites (tertiary alicyclic amines) is 1. The molecule has 200 valence electrons. The first-order chi connectivity index (χ1) is 17.5. The Bertz CT molecular complexity index is 1120. The molecule has 37 heavy (non-hydrogen) atoms. The van der Waals surface area contributed by atoms with E-state index in [2.05, 4.69) is 27.8 Å². The zero-order valence-electron chi connectivity index (χ0n) is 20.8. The van der Waals surface area contributed by atoms with E-state index >= 15 is 0 Å². The standard InChI is InChI=1S/C26H32F3N5O2S/c1-3-9-34-10-8-21(33-25(37)17-6-4-16(2)5-7-17)22(15-34)32-23(35)14-31-24(36)18-11-19(26(27,28)29)13-20(30)12-18/h4-7,11-13,21-22H,3,8-10,14-15,30H2,1-2H3,(H,31,36)(H,32,35)(H,33,37)/t21-,22+/m1/s1. The van der Waals surface area contributed by atoms with Gasteiger partial charge in [-0.15, -0.1) is 0 Å². The number of aryl methyl sites for hydroxylation is 1. The van der Waals surface area contributed by atoms with Crippen LogP contribution in [0.1, 0.15) is 46.8 Å². The predicted molar refractivity (Wildman–Crippen MR) is 141 cm³/mol. The molecule has 0 saturated carbocycles. The summed E-state index contributed by atoms with van der Waals surface area (Å²) in [6.45, 7) is 6.02. The summed E-state index contributed by atoms with van der Waals surface area (Å²) in [4.78, 5) is 28.0. The molecule has 5 N–H and O–H groups in total. The zero-order chi connectivity index (χ0) is 27.2. The van der Waals surface area contributed by atoms with E-state index in [1.807, 2.05) is 31.2 Å². The normalized spacial score (nSPS) is 18.2. The summed E-state index contributed by atoms with van der Waals surface area (Å²) in [5.74, 6) is -1.27. The number of anilines is 1. The largest absolute Gasteiger partial charge is 0.416 e. The second-order valence-electron chi connectivity index (χ2n) is 9.23. The molecule has 1 saturated heterocycles. The monoisotopic (exact) mass is 535 g/mol. The lowest BCUT2D eigenvalue weighted by Crippen LogP contribution is -2.61. The molecule has 0 unspecified atom stereocenters. The number of nitrogens with two attached hydrogens (primary N) is 1. The van der Waals surface area contributed by atoms with Crippen LogP contribution in [-0.4, -0.2) is 60.0 Å². The van der Waals surface area contributed by atoms with Gasteiger partial charge in [0.25, 0.3) is 5.91 Å². The Labute approximate surface area is 220 Å². The molecule has 0 bridgehead atoms. The quantitative estimate of drug-likeness (QED) is 0.306. The first kappa shape index (κ1) is 28.4. The highest BCUT2D eigenvalue weighted by atomic mass is 32.1. The van der Waals surface area contributed by atoms with E-state index in [4.69, 9.17) is 18.0 Å². The van der Waals surface area contributed by atoms with Gasteiger partial charge in [0.05, 0.1) is 18.2 Å². The number of benzene rings is 2. The fraction of sp³-hybridized carbons (Fsp3) is 0.423. The molecule has 7 nitrogen and oxygen atoms in total. The van der Waals surface area contributed by atoms with Crippen molar-refractivity contribution in [1.82, 2.24) is 20.9 Å². The van der Waals surface area contributed by atoms with Crippen molar-refractivity contribution in [3.05, 3.63) is 64.7 Å². The Morgan fingerprint density at radius 3 is 2.43 bits per heavy atom. The summed E-state index contributed by atoms with van der Waals surface area (Å²) < 4.78 is 39.2. The number of nitrogen functional groups attached to an aromatic ring is 1. The summed E-state index contributed by atoms with van der Waals surface area (Å²) in [5.41, 5.74) is 6.05. The number of alkyl halides is 3. The Morgan fingerprint density at radius 1 is 1.08 bits per heavy atom. The second kappa shape index (κ2) is 12.4. The van der Waals surface area contributed by atoms with Crippen molar-refractivity contribution < 1.29 is 22.8 Å². The summed E-state index contributed by atoms with van der Waals surface area (Å²) in [6.07, 6.45) is -2.92. The minimum atomic E-state index is -4.64. The van der Waals surface area contributed by atoms with Crippen LogP contribution in [0.2, 0.25) is 0 Å². The lowest BCUT2D eigenvalue weighted by atomic mass is 9.98. The van der Waals surface area contributed by atoms with E-state index < -0.39 is 30.1 Å². The first-order valence-corrected chi connectivity index (χ1v) is 12.5. The number of carbonyl (C=O) groups excluding carboxylic acids is 2. The highest BCUT2D eigenvalue weighted by molar-refractivity contribution is 7.80. The van der Waals surface area contributed by atoms with Crippen LogP contribution in [-0.2, 0) is 11.0 Å². The molecule has 2 aromatic carbocycles. The molecule has 0 aromatic heterocycles. The van der Waals surface area contributed by atoms with E-state index in [9.17, 15) is 22.8 Å². The molecule has 0 radical (unpaired) electrons. The van der Waals surface area contributed by atoms with Gasteiger partial charge in [-0.1, -0.05) is 49.0 Å². The average molecular weight is 536 g/mol. The third-order valence-electron chi connectivity index (χ3n) is 6.17. The van der Waals surface area contributed by atoms with Crippen molar-refractivity contribution in [1.29, 1.82) is 0 Å². The van der Waals surface area contributed by atoms with Gasteiger partial charge < -0.3 is 26.6 Å². The van der Waals surface area contributed by atoms with Crippen LogP contribution in [0.5, 0.6) is 0 Å². The number of hydrogen-bond acceptors (Lipinski definition) is 5.